The fraction of sp³-hybridized carbons (Fsp3) is 1.00. The Balaban J connectivity index is 2.79. The average molecular weight is 170 g/mol. The van der Waals surface area contributed by atoms with Crippen molar-refractivity contribution >= 4 is 0 Å². The van der Waals surface area contributed by atoms with Gasteiger partial charge in [-0.15, -0.1) is 0 Å². The molecular weight excluding hydrogens is 148 g/mol. The molecule has 0 aromatic carbocycles. The highest BCUT2D eigenvalue weighted by atomic mass is 15.2. The maximum Gasteiger partial charge on any atom is 0.0305 e. The van der Waals surface area contributed by atoms with Crippen LogP contribution in [0.5, 0.6) is 0 Å². The molecule has 0 aliphatic carbocycles. The van der Waals surface area contributed by atoms with Crippen LogP contribution in [-0.2, 0) is 0 Å². The Bertz CT molecular complexity index is 165. The predicted molar refractivity (Wildman–Crippen MR) is 53.2 cm³/mol. The van der Waals surface area contributed by atoms with Gasteiger partial charge in [0.15, 0.2) is 0 Å². The van der Waals surface area contributed by atoms with Crippen LogP contribution in [0.15, 0.2) is 0 Å². The van der Waals surface area contributed by atoms with Crippen LogP contribution in [-0.4, -0.2) is 29.6 Å². The summed E-state index contributed by atoms with van der Waals surface area (Å²) < 4.78 is 0. The summed E-state index contributed by atoms with van der Waals surface area (Å²) in [5.41, 5.74) is 6.36. The van der Waals surface area contributed by atoms with E-state index in [2.05, 4.69) is 32.7 Å². The minimum atomic E-state index is 0.224. The lowest BCUT2D eigenvalue weighted by Crippen LogP contribution is -2.60. The zero-order valence-electron chi connectivity index (χ0n) is 8.85. The monoisotopic (exact) mass is 170 g/mol. The maximum atomic E-state index is 5.81. The van der Waals surface area contributed by atoms with Crippen LogP contribution in [0, 0.1) is 0 Å². The van der Waals surface area contributed by atoms with Crippen molar-refractivity contribution in [1.82, 2.24) is 4.90 Å². The van der Waals surface area contributed by atoms with Gasteiger partial charge in [-0.2, -0.15) is 0 Å². The SMILES string of the molecule is CN1C(C)(C)CCCC1(C)CN. The molecule has 0 spiro atoms. The number of likely N-dealkylation sites (N-methyl/N-ethyl adjacent to an activating group) is 1. The summed E-state index contributed by atoms with van der Waals surface area (Å²) >= 11 is 0. The summed E-state index contributed by atoms with van der Waals surface area (Å²) in [5.74, 6) is 0. The summed E-state index contributed by atoms with van der Waals surface area (Å²) in [6.07, 6.45) is 3.84. The number of nitrogens with zero attached hydrogens (tertiary/aromatic N) is 1. The third-order valence-corrected chi connectivity index (χ3v) is 3.66. The van der Waals surface area contributed by atoms with Crippen LogP contribution >= 0.6 is 0 Å². The van der Waals surface area contributed by atoms with Gasteiger partial charge in [0.2, 0.25) is 0 Å². The van der Waals surface area contributed by atoms with Gasteiger partial charge in [-0.25, -0.2) is 0 Å². The van der Waals surface area contributed by atoms with E-state index < -0.39 is 0 Å². The molecule has 1 unspecified atom stereocenters. The van der Waals surface area contributed by atoms with Gasteiger partial charge in [0.05, 0.1) is 0 Å². The van der Waals surface area contributed by atoms with Gasteiger partial charge in [0, 0.05) is 17.6 Å². The van der Waals surface area contributed by atoms with E-state index in [-0.39, 0.29) is 5.54 Å². The molecule has 0 aromatic rings. The highest BCUT2D eigenvalue weighted by Crippen LogP contribution is 2.35. The van der Waals surface area contributed by atoms with Crippen LogP contribution in [0.25, 0.3) is 0 Å². The highest BCUT2D eigenvalue weighted by molar-refractivity contribution is 4.97. The Morgan fingerprint density at radius 3 is 2.25 bits per heavy atom. The molecule has 2 heteroatoms. The molecule has 2 nitrogen and oxygen atoms in total. The van der Waals surface area contributed by atoms with Crippen LogP contribution < -0.4 is 5.73 Å². The molecule has 1 fully saturated rings. The van der Waals surface area contributed by atoms with Gasteiger partial charge in [0.1, 0.15) is 0 Å². The van der Waals surface area contributed by atoms with E-state index in [1.807, 2.05) is 0 Å². The van der Waals surface area contributed by atoms with Gasteiger partial charge in [0.25, 0.3) is 0 Å². The van der Waals surface area contributed by atoms with Crippen molar-refractivity contribution in [1.29, 1.82) is 0 Å². The lowest BCUT2D eigenvalue weighted by atomic mass is 9.79. The van der Waals surface area contributed by atoms with Crippen LogP contribution in [0.4, 0.5) is 0 Å². The molecule has 0 radical (unpaired) electrons. The predicted octanol–water partition coefficient (Wildman–Crippen LogP) is 1.60. The number of hydrogen-bond acceptors (Lipinski definition) is 2. The molecule has 2 N–H and O–H groups in total. The molecule has 0 bridgehead atoms. The number of rotatable bonds is 1. The summed E-state index contributed by atoms with van der Waals surface area (Å²) in [6.45, 7) is 7.65. The molecule has 1 aliphatic heterocycles. The van der Waals surface area contributed by atoms with E-state index in [9.17, 15) is 0 Å². The van der Waals surface area contributed by atoms with Crippen molar-refractivity contribution in [3.63, 3.8) is 0 Å². The molecule has 1 heterocycles. The number of nitrogens with two attached hydrogens (primary N) is 1. The second-order valence-electron chi connectivity index (χ2n) is 4.93. The molecule has 0 aromatic heterocycles. The van der Waals surface area contributed by atoms with Gasteiger partial charge in [-0.1, -0.05) is 0 Å². The second-order valence-corrected chi connectivity index (χ2v) is 4.93. The molecule has 72 valence electrons. The minimum absolute atomic E-state index is 0.224. The van der Waals surface area contributed by atoms with Gasteiger partial charge in [-0.05, 0) is 47.1 Å². The van der Waals surface area contributed by atoms with E-state index in [0.29, 0.717) is 5.54 Å². The third-order valence-electron chi connectivity index (χ3n) is 3.66. The first-order valence-corrected chi connectivity index (χ1v) is 4.86. The first-order chi connectivity index (χ1) is 5.42. The Hall–Kier alpha value is -0.0800. The maximum absolute atomic E-state index is 5.81. The molecule has 1 atom stereocenters. The van der Waals surface area contributed by atoms with Crippen LogP contribution in [0.1, 0.15) is 40.0 Å². The van der Waals surface area contributed by atoms with Crippen molar-refractivity contribution in [2.75, 3.05) is 13.6 Å². The topological polar surface area (TPSA) is 29.3 Å². The quantitative estimate of drug-likeness (QED) is 0.647. The fourth-order valence-electron chi connectivity index (χ4n) is 2.21. The van der Waals surface area contributed by atoms with Gasteiger partial charge >= 0.3 is 0 Å². The van der Waals surface area contributed by atoms with Crippen molar-refractivity contribution in [2.45, 2.75) is 51.1 Å². The molecule has 1 saturated heterocycles. The van der Waals surface area contributed by atoms with Crippen molar-refractivity contribution in [2.24, 2.45) is 5.73 Å². The highest BCUT2D eigenvalue weighted by Gasteiger charge is 2.40. The first kappa shape index (κ1) is 10.0. The second kappa shape index (κ2) is 3.00. The molecule has 0 saturated carbocycles. The normalized spacial score (nSPS) is 36.8. The molecule has 1 rings (SSSR count). The Morgan fingerprint density at radius 1 is 1.25 bits per heavy atom. The smallest absolute Gasteiger partial charge is 0.0305 e. The molecule has 12 heavy (non-hydrogen) atoms. The van der Waals surface area contributed by atoms with Crippen molar-refractivity contribution in [3.05, 3.63) is 0 Å². The van der Waals surface area contributed by atoms with Crippen LogP contribution in [0.3, 0.4) is 0 Å². The van der Waals surface area contributed by atoms with E-state index in [0.717, 1.165) is 6.54 Å². The summed E-state index contributed by atoms with van der Waals surface area (Å²) in [4.78, 5) is 2.45. The number of piperidine rings is 1. The minimum Gasteiger partial charge on any atom is -0.329 e. The zero-order chi connectivity index (χ0) is 9.41. The molecule has 0 amide bonds. The lowest BCUT2D eigenvalue weighted by molar-refractivity contribution is -0.00793. The zero-order valence-corrected chi connectivity index (χ0v) is 8.85. The standard InChI is InChI=1S/C10H22N2/c1-9(2)6-5-7-10(3,8-11)12(9)4/h5-8,11H2,1-4H3. The Morgan fingerprint density at radius 2 is 1.83 bits per heavy atom. The van der Waals surface area contributed by atoms with Gasteiger partial charge < -0.3 is 5.73 Å². The number of likely N-dealkylation sites (tertiary alicyclic amines) is 1. The van der Waals surface area contributed by atoms with E-state index in [4.69, 9.17) is 5.73 Å². The lowest BCUT2D eigenvalue weighted by Gasteiger charge is -2.52. The van der Waals surface area contributed by atoms with Gasteiger partial charge in [-0.3, -0.25) is 4.90 Å². The Labute approximate surface area is 76.1 Å². The average Bonchev–Trinajstić information content (AvgIpc) is 2.00. The van der Waals surface area contributed by atoms with Crippen molar-refractivity contribution < 1.29 is 0 Å². The largest absolute Gasteiger partial charge is 0.329 e. The number of hydrogen-bond donors (Lipinski definition) is 1. The third kappa shape index (κ3) is 1.50. The van der Waals surface area contributed by atoms with Crippen LogP contribution in [0.2, 0.25) is 0 Å². The Kier molecular flexibility index (Phi) is 2.50. The summed E-state index contributed by atoms with van der Waals surface area (Å²) in [6, 6.07) is 0. The van der Waals surface area contributed by atoms with E-state index >= 15 is 0 Å². The first-order valence-electron chi connectivity index (χ1n) is 4.86. The molecule has 1 aliphatic rings. The van der Waals surface area contributed by atoms with Crippen molar-refractivity contribution in [3.8, 4) is 0 Å². The molecular formula is C10H22N2. The van der Waals surface area contributed by atoms with E-state index in [1.54, 1.807) is 0 Å². The fourth-order valence-corrected chi connectivity index (χ4v) is 2.21. The van der Waals surface area contributed by atoms with E-state index in [1.165, 1.54) is 19.3 Å². The summed E-state index contributed by atoms with van der Waals surface area (Å²) in [7, 11) is 2.20. The summed E-state index contributed by atoms with van der Waals surface area (Å²) in [5, 5.41) is 0.